The van der Waals surface area contributed by atoms with E-state index >= 15 is 0 Å². The third kappa shape index (κ3) is 6.33. The number of nitriles is 1. The first-order valence-corrected chi connectivity index (χ1v) is 15.1. The van der Waals surface area contributed by atoms with E-state index in [1.807, 2.05) is 48.5 Å². The highest BCUT2D eigenvalue weighted by Gasteiger charge is 2.35. The molecule has 0 saturated carbocycles. The summed E-state index contributed by atoms with van der Waals surface area (Å²) in [5, 5.41) is 9.05. The second-order valence-corrected chi connectivity index (χ2v) is 12.0. The molecule has 0 aliphatic carbocycles. The second-order valence-electron chi connectivity index (χ2n) is 10.1. The van der Waals surface area contributed by atoms with Crippen molar-refractivity contribution in [3.8, 4) is 17.6 Å². The van der Waals surface area contributed by atoms with Crippen LogP contribution in [-0.2, 0) is 16.1 Å². The van der Waals surface area contributed by atoms with Crippen LogP contribution in [0.4, 0.5) is 0 Å². The van der Waals surface area contributed by atoms with E-state index in [0.717, 1.165) is 10.0 Å². The van der Waals surface area contributed by atoms with Crippen LogP contribution in [0.3, 0.4) is 0 Å². The Morgan fingerprint density at radius 2 is 1.88 bits per heavy atom. The van der Waals surface area contributed by atoms with Gasteiger partial charge in [0.2, 0.25) is 0 Å². The number of halogens is 1. The number of fused-ring (bicyclic) bond motifs is 1. The molecule has 0 unspecified atom stereocenters. The van der Waals surface area contributed by atoms with Crippen molar-refractivity contribution in [2.75, 3.05) is 7.11 Å². The number of benzene rings is 3. The highest BCUT2D eigenvalue weighted by atomic mass is 79.9. The monoisotopic (exact) mass is 657 g/mol. The van der Waals surface area contributed by atoms with Crippen LogP contribution in [0.1, 0.15) is 49.1 Å². The molecule has 0 N–H and O–H groups in total. The Kier molecular flexibility index (Phi) is 8.94. The molecule has 1 aromatic heterocycles. The van der Waals surface area contributed by atoms with Crippen LogP contribution in [0.2, 0.25) is 0 Å². The summed E-state index contributed by atoms with van der Waals surface area (Å²) in [4.78, 5) is 32.7. The highest BCUT2D eigenvalue weighted by molar-refractivity contribution is 9.10. The molecule has 0 spiro atoms. The minimum absolute atomic E-state index is 0.273. The van der Waals surface area contributed by atoms with E-state index in [1.54, 1.807) is 52.2 Å². The second kappa shape index (κ2) is 12.8. The Hall–Kier alpha value is -4.46. The van der Waals surface area contributed by atoms with Crippen LogP contribution in [0.25, 0.3) is 6.08 Å². The number of para-hydroxylation sites is 1. The smallest absolute Gasteiger partial charge is 0.338 e. The number of nitrogens with zero attached hydrogens (tertiary/aromatic N) is 3. The van der Waals surface area contributed by atoms with Crippen molar-refractivity contribution >= 4 is 39.3 Å². The van der Waals surface area contributed by atoms with Gasteiger partial charge in [-0.2, -0.15) is 5.26 Å². The van der Waals surface area contributed by atoms with E-state index in [-0.39, 0.29) is 17.2 Å². The molecule has 2 heterocycles. The van der Waals surface area contributed by atoms with Gasteiger partial charge in [0.25, 0.3) is 5.56 Å². The average molecular weight is 659 g/mol. The highest BCUT2D eigenvalue weighted by Crippen LogP contribution is 2.37. The van der Waals surface area contributed by atoms with Gasteiger partial charge in [0.05, 0.1) is 40.6 Å². The molecule has 0 saturated heterocycles. The minimum atomic E-state index is -0.819. The van der Waals surface area contributed by atoms with Crippen LogP contribution >= 0.6 is 27.3 Å². The summed E-state index contributed by atoms with van der Waals surface area (Å²) >= 11 is 4.76. The predicted octanol–water partition coefficient (Wildman–Crippen LogP) is 5.41. The molecule has 3 aromatic carbocycles. The number of carbonyl (C=O) groups is 1. The maximum absolute atomic E-state index is 14.1. The van der Waals surface area contributed by atoms with E-state index in [1.165, 1.54) is 15.9 Å². The van der Waals surface area contributed by atoms with Crippen LogP contribution < -0.4 is 24.4 Å². The third-order valence-corrected chi connectivity index (χ3v) is 8.23. The number of ether oxygens (including phenoxy) is 3. The Labute approximate surface area is 260 Å². The van der Waals surface area contributed by atoms with Crippen LogP contribution in [0.15, 0.2) is 92.3 Å². The van der Waals surface area contributed by atoms with E-state index in [4.69, 9.17) is 19.5 Å². The van der Waals surface area contributed by atoms with Gasteiger partial charge in [0.1, 0.15) is 24.1 Å². The molecule has 218 valence electrons. The topological polar surface area (TPSA) is 103 Å². The quantitative estimate of drug-likeness (QED) is 0.235. The molecule has 10 heteroatoms. The number of carbonyl (C=O) groups excluding carboxylic acids is 1. The fraction of sp³-hybridized carbons (Fsp3) is 0.212. The van der Waals surface area contributed by atoms with Crippen LogP contribution in [0.5, 0.6) is 11.5 Å². The number of thiazole rings is 1. The van der Waals surface area contributed by atoms with Gasteiger partial charge in [-0.15, -0.1) is 0 Å². The number of esters is 1. The molecular weight excluding hydrogens is 630 g/mol. The van der Waals surface area contributed by atoms with Crippen molar-refractivity contribution in [1.29, 1.82) is 5.26 Å². The van der Waals surface area contributed by atoms with E-state index in [2.05, 4.69) is 27.0 Å². The Balaban J connectivity index is 1.62. The van der Waals surface area contributed by atoms with Crippen LogP contribution in [-0.4, -0.2) is 23.8 Å². The minimum Gasteiger partial charge on any atom is -0.496 e. The Morgan fingerprint density at radius 3 is 2.58 bits per heavy atom. The fourth-order valence-corrected chi connectivity index (χ4v) is 6.20. The third-order valence-electron chi connectivity index (χ3n) is 6.75. The maximum atomic E-state index is 14.1. The number of rotatable bonds is 8. The lowest BCUT2D eigenvalue weighted by atomic mass is 9.95. The van der Waals surface area contributed by atoms with Gasteiger partial charge in [-0.25, -0.2) is 9.79 Å². The molecule has 4 aromatic rings. The molecule has 5 rings (SSSR count). The van der Waals surface area contributed by atoms with Crippen molar-refractivity contribution in [3.63, 3.8) is 0 Å². The maximum Gasteiger partial charge on any atom is 0.338 e. The van der Waals surface area contributed by atoms with Crippen molar-refractivity contribution < 1.29 is 19.0 Å². The van der Waals surface area contributed by atoms with Gasteiger partial charge in [-0.1, -0.05) is 57.6 Å². The van der Waals surface area contributed by atoms with Gasteiger partial charge in [0.15, 0.2) is 4.80 Å². The number of hydrogen-bond donors (Lipinski definition) is 0. The molecule has 0 bridgehead atoms. The van der Waals surface area contributed by atoms with Crippen molar-refractivity contribution in [1.82, 2.24) is 4.57 Å². The number of allylic oxidation sites excluding steroid dienone is 1. The van der Waals surface area contributed by atoms with Gasteiger partial charge >= 0.3 is 5.97 Å². The molecule has 0 fully saturated rings. The zero-order valence-electron chi connectivity index (χ0n) is 24.0. The molecule has 0 radical (unpaired) electrons. The fourth-order valence-electron chi connectivity index (χ4n) is 4.78. The zero-order valence-corrected chi connectivity index (χ0v) is 26.4. The summed E-state index contributed by atoms with van der Waals surface area (Å²) < 4.78 is 20.1. The molecule has 8 nitrogen and oxygen atoms in total. The lowest BCUT2D eigenvalue weighted by Gasteiger charge is -2.26. The Morgan fingerprint density at radius 1 is 1.14 bits per heavy atom. The SMILES string of the molecule is COc1ccc(Br)cc1[C@@H]1C(C(=O)OC(C)C)=C(C)N=c2s/c(=C\c3ccccc3OCc3ccc(C#N)cc3)c(=O)n21. The summed E-state index contributed by atoms with van der Waals surface area (Å²) in [6.45, 7) is 5.59. The van der Waals surface area contributed by atoms with Gasteiger partial charge in [-0.05, 0) is 68.8 Å². The van der Waals surface area contributed by atoms with Crippen molar-refractivity contribution in [2.24, 2.45) is 4.99 Å². The number of methoxy groups -OCH3 is 1. The summed E-state index contributed by atoms with van der Waals surface area (Å²) in [5.41, 5.74) is 3.27. The zero-order chi connectivity index (χ0) is 30.7. The van der Waals surface area contributed by atoms with E-state index in [9.17, 15) is 9.59 Å². The lowest BCUT2D eigenvalue weighted by Crippen LogP contribution is -2.40. The Bertz CT molecular complexity index is 1950. The van der Waals surface area contributed by atoms with Gasteiger partial charge in [-0.3, -0.25) is 9.36 Å². The summed E-state index contributed by atoms with van der Waals surface area (Å²) in [7, 11) is 1.55. The molecule has 43 heavy (non-hydrogen) atoms. The molecular formula is C33H28BrN3O5S. The average Bonchev–Trinajstić information content (AvgIpc) is 3.29. The largest absolute Gasteiger partial charge is 0.496 e. The van der Waals surface area contributed by atoms with Gasteiger partial charge < -0.3 is 14.2 Å². The molecule has 1 aliphatic heterocycles. The summed E-state index contributed by atoms with van der Waals surface area (Å²) in [6, 6.07) is 21.4. The molecule has 0 amide bonds. The summed E-state index contributed by atoms with van der Waals surface area (Å²) in [6.07, 6.45) is 1.42. The predicted molar refractivity (Wildman–Crippen MR) is 168 cm³/mol. The lowest BCUT2D eigenvalue weighted by molar-refractivity contribution is -0.143. The van der Waals surface area contributed by atoms with E-state index in [0.29, 0.717) is 49.8 Å². The molecule has 1 atom stereocenters. The van der Waals surface area contributed by atoms with E-state index < -0.39 is 12.0 Å². The number of aromatic nitrogens is 1. The van der Waals surface area contributed by atoms with Gasteiger partial charge in [0, 0.05) is 15.6 Å². The normalized spacial score (nSPS) is 14.6. The first-order chi connectivity index (χ1) is 20.7. The van der Waals surface area contributed by atoms with Crippen molar-refractivity contribution in [3.05, 3.63) is 124 Å². The molecule has 1 aliphatic rings. The summed E-state index contributed by atoms with van der Waals surface area (Å²) in [5.74, 6) is 0.577. The first kappa shape index (κ1) is 30.0. The number of hydrogen-bond acceptors (Lipinski definition) is 8. The van der Waals surface area contributed by atoms with Crippen molar-refractivity contribution in [2.45, 2.75) is 39.5 Å². The standard InChI is InChI=1S/C33H28BrN3O5S/c1-19(2)42-32(39)29-20(3)36-33-37(30(29)25-16-24(34)13-14-27(25)40-4)31(38)28(43-33)15-23-7-5-6-8-26(23)41-18-22-11-9-21(17-35)10-12-22/h5-16,19,30H,18H2,1-4H3/b28-15-/t30-/m1/s1. The van der Waals surface area contributed by atoms with Crippen LogP contribution in [0, 0.1) is 11.3 Å². The first-order valence-electron chi connectivity index (χ1n) is 13.5.